The number of nitrogen functional groups attached to an aromatic ring is 1. The number of halogens is 1. The van der Waals surface area contributed by atoms with Crippen molar-refractivity contribution in [3.8, 4) is 5.75 Å². The van der Waals surface area contributed by atoms with Crippen molar-refractivity contribution in [2.45, 2.75) is 38.1 Å². The first-order chi connectivity index (χ1) is 8.04. The molecule has 0 heterocycles. The van der Waals surface area contributed by atoms with Crippen LogP contribution in [-0.2, 0) is 0 Å². The van der Waals surface area contributed by atoms with Gasteiger partial charge in [0.2, 0.25) is 0 Å². The molecule has 1 aromatic rings. The summed E-state index contributed by atoms with van der Waals surface area (Å²) in [7, 11) is 1.53. The minimum Gasteiger partial charge on any atom is -0.495 e. The van der Waals surface area contributed by atoms with E-state index in [1.54, 1.807) is 6.07 Å². The fourth-order valence-electron chi connectivity index (χ4n) is 2.45. The predicted octanol–water partition coefficient (Wildman–Crippen LogP) is 3.16. The Morgan fingerprint density at radius 2 is 2.00 bits per heavy atom. The van der Waals surface area contributed by atoms with Gasteiger partial charge in [-0.2, -0.15) is 0 Å². The third-order valence-electron chi connectivity index (χ3n) is 3.46. The monoisotopic (exact) mass is 238 g/mol. The molecule has 3 N–H and O–H groups in total. The van der Waals surface area contributed by atoms with E-state index in [-0.39, 0.29) is 11.4 Å². The zero-order chi connectivity index (χ0) is 12.5. The molecule has 1 saturated carbocycles. The van der Waals surface area contributed by atoms with Gasteiger partial charge in [-0.1, -0.05) is 12.8 Å². The highest BCUT2D eigenvalue weighted by atomic mass is 19.1. The quantitative estimate of drug-likeness (QED) is 0.795. The second-order valence-corrected chi connectivity index (χ2v) is 4.97. The highest BCUT2D eigenvalue weighted by Gasteiger charge is 2.29. The summed E-state index contributed by atoms with van der Waals surface area (Å²) >= 11 is 0. The van der Waals surface area contributed by atoms with Crippen molar-refractivity contribution in [1.82, 2.24) is 0 Å². The van der Waals surface area contributed by atoms with E-state index in [0.29, 0.717) is 17.1 Å². The maximum absolute atomic E-state index is 13.8. The molecule has 4 heteroatoms. The average Bonchev–Trinajstić information content (AvgIpc) is 2.69. The molecule has 2 rings (SSSR count). The molecule has 0 radical (unpaired) electrons. The van der Waals surface area contributed by atoms with Gasteiger partial charge in [0.05, 0.1) is 18.5 Å². The highest BCUT2D eigenvalue weighted by Crippen LogP contribution is 2.35. The van der Waals surface area contributed by atoms with Crippen LogP contribution < -0.4 is 15.8 Å². The van der Waals surface area contributed by atoms with E-state index in [1.165, 1.54) is 26.0 Å². The van der Waals surface area contributed by atoms with E-state index in [2.05, 4.69) is 12.2 Å². The summed E-state index contributed by atoms with van der Waals surface area (Å²) in [6.07, 6.45) is 4.52. The smallest absolute Gasteiger partial charge is 0.148 e. The molecule has 0 saturated heterocycles. The van der Waals surface area contributed by atoms with Gasteiger partial charge in [-0.15, -0.1) is 0 Å². The number of hydrogen-bond acceptors (Lipinski definition) is 3. The number of nitrogens with one attached hydrogen (secondary N) is 1. The topological polar surface area (TPSA) is 47.3 Å². The number of methoxy groups -OCH3 is 1. The lowest BCUT2D eigenvalue weighted by molar-refractivity contribution is 0.416. The van der Waals surface area contributed by atoms with Gasteiger partial charge < -0.3 is 15.8 Å². The SMILES string of the molecule is COc1cc(NC2(C)CCCC2)c(F)cc1N. The molecule has 1 fully saturated rings. The van der Waals surface area contributed by atoms with Gasteiger partial charge >= 0.3 is 0 Å². The number of nitrogens with two attached hydrogens (primary N) is 1. The van der Waals surface area contributed by atoms with Crippen molar-refractivity contribution < 1.29 is 9.13 Å². The lowest BCUT2D eigenvalue weighted by Crippen LogP contribution is -2.31. The minimum atomic E-state index is -0.323. The molecular weight excluding hydrogens is 219 g/mol. The Hall–Kier alpha value is -1.45. The summed E-state index contributed by atoms with van der Waals surface area (Å²) in [5.41, 5.74) is 6.44. The molecule has 0 amide bonds. The van der Waals surface area contributed by atoms with Crippen molar-refractivity contribution in [2.24, 2.45) is 0 Å². The molecule has 0 aromatic heterocycles. The zero-order valence-electron chi connectivity index (χ0n) is 10.3. The molecule has 0 atom stereocenters. The van der Waals surface area contributed by atoms with E-state index < -0.39 is 0 Å². The lowest BCUT2D eigenvalue weighted by atomic mass is 10.00. The molecule has 1 aromatic carbocycles. The van der Waals surface area contributed by atoms with Gasteiger partial charge in [0.15, 0.2) is 0 Å². The van der Waals surface area contributed by atoms with Crippen LogP contribution >= 0.6 is 0 Å². The summed E-state index contributed by atoms with van der Waals surface area (Å²) in [5.74, 6) is 0.187. The Balaban J connectivity index is 2.26. The van der Waals surface area contributed by atoms with Gasteiger partial charge in [0.1, 0.15) is 11.6 Å². The van der Waals surface area contributed by atoms with Gasteiger partial charge in [-0.05, 0) is 19.8 Å². The van der Waals surface area contributed by atoms with Crippen LogP contribution in [0.2, 0.25) is 0 Å². The molecule has 0 bridgehead atoms. The first-order valence-electron chi connectivity index (χ1n) is 5.95. The Kier molecular flexibility index (Phi) is 3.13. The fraction of sp³-hybridized carbons (Fsp3) is 0.538. The molecule has 3 nitrogen and oxygen atoms in total. The molecule has 0 unspecified atom stereocenters. The molecule has 0 aliphatic heterocycles. The largest absolute Gasteiger partial charge is 0.495 e. The van der Waals surface area contributed by atoms with Crippen LogP contribution in [0.5, 0.6) is 5.75 Å². The summed E-state index contributed by atoms with van der Waals surface area (Å²) < 4.78 is 18.9. The maximum Gasteiger partial charge on any atom is 0.148 e. The lowest BCUT2D eigenvalue weighted by Gasteiger charge is -2.27. The minimum absolute atomic E-state index is 0.0119. The van der Waals surface area contributed by atoms with Gasteiger partial charge in [-0.25, -0.2) is 4.39 Å². The predicted molar refractivity (Wildman–Crippen MR) is 67.9 cm³/mol. The van der Waals surface area contributed by atoms with Crippen LogP contribution in [-0.4, -0.2) is 12.6 Å². The fourth-order valence-corrected chi connectivity index (χ4v) is 2.45. The number of benzene rings is 1. The first kappa shape index (κ1) is 12.0. The van der Waals surface area contributed by atoms with Crippen LogP contribution in [0.4, 0.5) is 15.8 Å². The van der Waals surface area contributed by atoms with Crippen molar-refractivity contribution in [3.63, 3.8) is 0 Å². The Morgan fingerprint density at radius 1 is 1.35 bits per heavy atom. The van der Waals surface area contributed by atoms with Gasteiger partial charge in [0, 0.05) is 17.7 Å². The van der Waals surface area contributed by atoms with Crippen molar-refractivity contribution >= 4 is 11.4 Å². The Labute approximate surface area is 101 Å². The first-order valence-corrected chi connectivity index (χ1v) is 5.95. The second kappa shape index (κ2) is 4.43. The van der Waals surface area contributed by atoms with Gasteiger partial charge in [0.25, 0.3) is 0 Å². The Morgan fingerprint density at radius 3 is 2.59 bits per heavy atom. The molecule has 17 heavy (non-hydrogen) atoms. The molecule has 0 spiro atoms. The van der Waals surface area contributed by atoms with Crippen molar-refractivity contribution in [3.05, 3.63) is 17.9 Å². The van der Waals surface area contributed by atoms with Crippen molar-refractivity contribution in [1.29, 1.82) is 0 Å². The summed E-state index contributed by atoms with van der Waals surface area (Å²) in [6, 6.07) is 2.94. The Bertz CT molecular complexity index is 414. The molecule has 1 aliphatic carbocycles. The average molecular weight is 238 g/mol. The zero-order valence-corrected chi connectivity index (χ0v) is 10.3. The van der Waals surface area contributed by atoms with E-state index in [9.17, 15) is 4.39 Å². The van der Waals surface area contributed by atoms with E-state index in [4.69, 9.17) is 10.5 Å². The van der Waals surface area contributed by atoms with Crippen molar-refractivity contribution in [2.75, 3.05) is 18.2 Å². The number of hydrogen-bond donors (Lipinski definition) is 2. The molecule has 94 valence electrons. The van der Waals surface area contributed by atoms with E-state index in [1.807, 2.05) is 0 Å². The summed E-state index contributed by atoms with van der Waals surface area (Å²) in [5, 5.41) is 3.28. The number of anilines is 2. The van der Waals surface area contributed by atoms with Gasteiger partial charge in [-0.3, -0.25) is 0 Å². The van der Waals surface area contributed by atoms with Crippen LogP contribution in [0.25, 0.3) is 0 Å². The number of rotatable bonds is 3. The molecular formula is C13H19FN2O. The van der Waals surface area contributed by atoms with Crippen LogP contribution in [0.3, 0.4) is 0 Å². The van der Waals surface area contributed by atoms with Crippen LogP contribution in [0.1, 0.15) is 32.6 Å². The third-order valence-corrected chi connectivity index (χ3v) is 3.46. The maximum atomic E-state index is 13.8. The number of ether oxygens (including phenoxy) is 1. The highest BCUT2D eigenvalue weighted by molar-refractivity contribution is 5.63. The summed E-state index contributed by atoms with van der Waals surface area (Å²) in [4.78, 5) is 0. The van der Waals surface area contributed by atoms with Crippen LogP contribution in [0.15, 0.2) is 12.1 Å². The second-order valence-electron chi connectivity index (χ2n) is 4.97. The molecule has 1 aliphatic rings. The van der Waals surface area contributed by atoms with E-state index >= 15 is 0 Å². The summed E-state index contributed by atoms with van der Waals surface area (Å²) in [6.45, 7) is 2.13. The van der Waals surface area contributed by atoms with E-state index in [0.717, 1.165) is 12.8 Å². The third kappa shape index (κ3) is 2.46. The van der Waals surface area contributed by atoms with Crippen LogP contribution in [0, 0.1) is 5.82 Å². The standard InChI is InChI=1S/C13H19FN2O/c1-13(5-3-4-6-13)16-11-8-12(17-2)10(15)7-9(11)14/h7-8,16H,3-6,15H2,1-2H3. The normalized spacial score (nSPS) is 18.1.